The molecule has 9 nitrogen and oxygen atoms in total. The van der Waals surface area contributed by atoms with E-state index in [9.17, 15) is 24.3 Å². The van der Waals surface area contributed by atoms with Crippen LogP contribution in [-0.4, -0.2) is 56.1 Å². The van der Waals surface area contributed by atoms with Crippen molar-refractivity contribution < 1.29 is 24.3 Å². The number of primary amides is 1. The second-order valence-corrected chi connectivity index (χ2v) is 9.52. The molecule has 2 heterocycles. The Balaban J connectivity index is 1.52. The highest BCUT2D eigenvalue weighted by molar-refractivity contribution is 9.10. The lowest BCUT2D eigenvalue weighted by Gasteiger charge is -2.23. The lowest BCUT2D eigenvalue weighted by molar-refractivity contribution is -0.119. The summed E-state index contributed by atoms with van der Waals surface area (Å²) in [5.41, 5.74) is 7.03. The van der Waals surface area contributed by atoms with E-state index in [-0.39, 0.29) is 17.8 Å². The maximum Gasteiger partial charge on any atom is 0.335 e. The van der Waals surface area contributed by atoms with E-state index in [0.29, 0.717) is 38.9 Å². The van der Waals surface area contributed by atoms with Crippen LogP contribution in [0.4, 0.5) is 15.3 Å². The number of hydrogen-bond acceptors (Lipinski definition) is 5. The van der Waals surface area contributed by atoms with E-state index in [1.54, 1.807) is 30.3 Å². The number of carboxylic acid groups (broad SMARTS) is 1. The van der Waals surface area contributed by atoms with Crippen molar-refractivity contribution in [3.05, 3.63) is 64.3 Å². The highest BCUT2D eigenvalue weighted by Crippen LogP contribution is 2.30. The van der Waals surface area contributed by atoms with Gasteiger partial charge < -0.3 is 21.1 Å². The van der Waals surface area contributed by atoms with Gasteiger partial charge in [-0.3, -0.25) is 9.36 Å². The van der Waals surface area contributed by atoms with Gasteiger partial charge in [0.1, 0.15) is 5.37 Å². The number of rotatable bonds is 5. The number of ketones is 1. The minimum Gasteiger partial charge on any atom is -0.478 e. The number of fused-ring (bicyclic) bond motifs is 1. The van der Waals surface area contributed by atoms with Gasteiger partial charge in [-0.25, -0.2) is 14.4 Å². The monoisotopic (exact) mass is 530 g/mol. The van der Waals surface area contributed by atoms with Crippen molar-refractivity contribution >= 4 is 68.1 Å². The molecule has 11 heteroatoms. The van der Waals surface area contributed by atoms with E-state index in [2.05, 4.69) is 21.2 Å². The SMILES string of the molecule is NC(=O)n1cc(NC(=O)N2CCS[C@H]2C(=O)Cc2cc(Br)cc(C(=O)O)c2)c2ccccc21. The van der Waals surface area contributed by atoms with Crippen LogP contribution >= 0.6 is 27.7 Å². The number of para-hydroxylation sites is 1. The average molecular weight is 531 g/mol. The number of aromatic nitrogens is 1. The summed E-state index contributed by atoms with van der Waals surface area (Å²) in [5.74, 6) is -0.704. The number of nitrogens with zero attached hydrogens (tertiary/aromatic N) is 2. The van der Waals surface area contributed by atoms with Gasteiger partial charge in [0.2, 0.25) is 0 Å². The Morgan fingerprint density at radius 2 is 1.94 bits per heavy atom. The van der Waals surface area contributed by atoms with Crippen LogP contribution in [0.15, 0.2) is 53.1 Å². The molecule has 1 aromatic heterocycles. The molecule has 1 saturated heterocycles. The number of hydrogen-bond donors (Lipinski definition) is 3. The molecular formula is C22H19BrN4O5S. The molecule has 0 saturated carbocycles. The van der Waals surface area contributed by atoms with Gasteiger partial charge in [-0.2, -0.15) is 0 Å². The number of anilines is 1. The number of urea groups is 1. The number of Topliss-reactive ketones (excluding diaryl/α,β-unsaturated/α-hetero) is 1. The maximum atomic E-state index is 13.0. The lowest BCUT2D eigenvalue weighted by Crippen LogP contribution is -2.42. The number of amides is 3. The first-order valence-electron chi connectivity index (χ1n) is 9.89. The van der Waals surface area contributed by atoms with Crippen LogP contribution in [0, 0.1) is 0 Å². The topological polar surface area (TPSA) is 135 Å². The molecule has 0 bridgehead atoms. The summed E-state index contributed by atoms with van der Waals surface area (Å²) in [6, 6.07) is 10.5. The molecule has 1 fully saturated rings. The van der Waals surface area contributed by atoms with Crippen LogP contribution < -0.4 is 11.1 Å². The largest absolute Gasteiger partial charge is 0.478 e. The zero-order chi connectivity index (χ0) is 23.7. The molecule has 0 radical (unpaired) electrons. The predicted octanol–water partition coefficient (Wildman–Crippen LogP) is 3.75. The van der Waals surface area contributed by atoms with E-state index in [4.69, 9.17) is 5.73 Å². The van der Waals surface area contributed by atoms with Gasteiger partial charge in [0, 0.05) is 34.8 Å². The maximum absolute atomic E-state index is 13.0. The highest BCUT2D eigenvalue weighted by Gasteiger charge is 2.35. The standard InChI is InChI=1S/C22H19BrN4O5S/c23-14-8-12(7-13(10-14)20(29)30)9-18(28)19-26(5-6-33-19)22(32)25-16-11-27(21(24)31)17-4-2-1-3-15(16)17/h1-4,7-8,10-11,19H,5-6,9H2,(H2,24,31)(H,25,32)(H,29,30)/t19-/m0/s1. The van der Waals surface area contributed by atoms with Crippen molar-refractivity contribution in [3.63, 3.8) is 0 Å². The van der Waals surface area contributed by atoms with Crippen LogP contribution in [0.1, 0.15) is 15.9 Å². The normalized spacial score (nSPS) is 15.5. The van der Waals surface area contributed by atoms with Crippen molar-refractivity contribution in [2.75, 3.05) is 17.6 Å². The third-order valence-electron chi connectivity index (χ3n) is 5.20. The van der Waals surface area contributed by atoms with E-state index < -0.39 is 23.4 Å². The molecular weight excluding hydrogens is 512 g/mol. The van der Waals surface area contributed by atoms with Crippen molar-refractivity contribution in [2.24, 2.45) is 5.73 Å². The van der Waals surface area contributed by atoms with Crippen molar-refractivity contribution in [1.82, 2.24) is 9.47 Å². The van der Waals surface area contributed by atoms with E-state index in [1.807, 2.05) is 0 Å². The number of halogens is 1. The number of carbonyl (C=O) groups excluding carboxylic acids is 3. The first-order chi connectivity index (χ1) is 15.7. The minimum atomic E-state index is -1.09. The van der Waals surface area contributed by atoms with Crippen LogP contribution in [0.25, 0.3) is 10.9 Å². The van der Waals surface area contributed by atoms with Gasteiger partial charge in [0.05, 0.1) is 16.8 Å². The molecule has 4 rings (SSSR count). The number of thioether (sulfide) groups is 1. The first-order valence-corrected chi connectivity index (χ1v) is 11.7. The number of aromatic carboxylic acids is 1. The van der Waals surface area contributed by atoms with Gasteiger partial charge in [-0.15, -0.1) is 11.8 Å². The van der Waals surface area contributed by atoms with Crippen molar-refractivity contribution in [3.8, 4) is 0 Å². The zero-order valence-electron chi connectivity index (χ0n) is 17.2. The minimum absolute atomic E-state index is 0.0118. The van der Waals surface area contributed by atoms with Gasteiger partial charge in [-0.1, -0.05) is 34.1 Å². The zero-order valence-corrected chi connectivity index (χ0v) is 19.6. The molecule has 4 N–H and O–H groups in total. The summed E-state index contributed by atoms with van der Waals surface area (Å²) in [6.45, 7) is 0.375. The van der Waals surface area contributed by atoms with Crippen LogP contribution in [0.2, 0.25) is 0 Å². The molecule has 3 aromatic rings. The van der Waals surface area contributed by atoms with Crippen LogP contribution in [0.3, 0.4) is 0 Å². The van der Waals surface area contributed by atoms with E-state index in [1.165, 1.54) is 39.6 Å². The molecule has 33 heavy (non-hydrogen) atoms. The van der Waals surface area contributed by atoms with E-state index >= 15 is 0 Å². The number of nitrogens with one attached hydrogen (secondary N) is 1. The predicted molar refractivity (Wildman–Crippen MR) is 129 cm³/mol. The molecule has 0 spiro atoms. The molecule has 1 aliphatic heterocycles. The Bertz CT molecular complexity index is 1290. The fourth-order valence-electron chi connectivity index (χ4n) is 3.76. The Hall–Kier alpha value is -3.31. The Kier molecular flexibility index (Phi) is 6.43. The smallest absolute Gasteiger partial charge is 0.335 e. The molecule has 2 aromatic carbocycles. The lowest BCUT2D eigenvalue weighted by atomic mass is 10.1. The number of benzene rings is 2. The summed E-state index contributed by atoms with van der Waals surface area (Å²) in [4.78, 5) is 50.5. The molecule has 1 aliphatic rings. The number of carbonyl (C=O) groups is 4. The van der Waals surface area contributed by atoms with Gasteiger partial charge >= 0.3 is 18.0 Å². The summed E-state index contributed by atoms with van der Waals surface area (Å²) in [6.07, 6.45) is 1.45. The summed E-state index contributed by atoms with van der Waals surface area (Å²) in [5, 5.41) is 12.0. The van der Waals surface area contributed by atoms with Crippen LogP contribution in [-0.2, 0) is 11.2 Å². The fourth-order valence-corrected chi connectivity index (χ4v) is 5.47. The third-order valence-corrected chi connectivity index (χ3v) is 6.91. The molecule has 3 amide bonds. The Morgan fingerprint density at radius 3 is 2.67 bits per heavy atom. The second-order valence-electron chi connectivity index (χ2n) is 7.41. The Morgan fingerprint density at radius 1 is 1.18 bits per heavy atom. The van der Waals surface area contributed by atoms with E-state index in [0.717, 1.165) is 0 Å². The highest BCUT2D eigenvalue weighted by atomic mass is 79.9. The quantitative estimate of drug-likeness (QED) is 0.459. The fraction of sp³-hybridized carbons (Fsp3) is 0.182. The summed E-state index contributed by atoms with van der Waals surface area (Å²) < 4.78 is 1.81. The average Bonchev–Trinajstić information content (AvgIpc) is 3.39. The van der Waals surface area contributed by atoms with Gasteiger partial charge in [-0.05, 0) is 29.8 Å². The summed E-state index contributed by atoms with van der Waals surface area (Å²) in [7, 11) is 0. The molecule has 170 valence electrons. The molecule has 0 aliphatic carbocycles. The summed E-state index contributed by atoms with van der Waals surface area (Å²) >= 11 is 4.62. The number of nitrogens with two attached hydrogens (primary N) is 1. The third kappa shape index (κ3) is 4.74. The van der Waals surface area contributed by atoms with Gasteiger partial charge in [0.25, 0.3) is 0 Å². The first kappa shape index (κ1) is 22.9. The van der Waals surface area contributed by atoms with Gasteiger partial charge in [0.15, 0.2) is 5.78 Å². The number of carboxylic acids is 1. The Labute approximate surface area is 201 Å². The molecule has 1 atom stereocenters. The van der Waals surface area contributed by atoms with Crippen molar-refractivity contribution in [2.45, 2.75) is 11.8 Å². The van der Waals surface area contributed by atoms with Crippen molar-refractivity contribution in [1.29, 1.82) is 0 Å². The molecule has 0 unspecified atom stereocenters. The van der Waals surface area contributed by atoms with Crippen LogP contribution in [0.5, 0.6) is 0 Å². The second kappa shape index (κ2) is 9.28.